The van der Waals surface area contributed by atoms with Gasteiger partial charge in [0.15, 0.2) is 24.8 Å². The van der Waals surface area contributed by atoms with Crippen molar-refractivity contribution in [1.29, 1.82) is 0 Å². The third-order valence-corrected chi connectivity index (χ3v) is 12.2. The van der Waals surface area contributed by atoms with Crippen molar-refractivity contribution in [2.24, 2.45) is 22.7 Å². The molecule has 0 spiro atoms. The lowest BCUT2D eigenvalue weighted by molar-refractivity contribution is -0.162. The third-order valence-electron chi connectivity index (χ3n) is 10.5. The second-order valence-electron chi connectivity index (χ2n) is 13.3. The van der Waals surface area contributed by atoms with E-state index in [-0.39, 0.29) is 55.0 Å². The van der Waals surface area contributed by atoms with E-state index < -0.39 is 36.0 Å². The molecule has 6 rings (SSSR count). The Kier molecular flexibility index (Phi) is 8.96. The zero-order valence-corrected chi connectivity index (χ0v) is 28.2. The average Bonchev–Trinajstić information content (AvgIpc) is 3.80. The van der Waals surface area contributed by atoms with E-state index in [2.05, 4.69) is 0 Å². The normalized spacial score (nSPS) is 24.7. The van der Waals surface area contributed by atoms with Crippen molar-refractivity contribution in [3.8, 4) is 11.5 Å². The molecule has 0 bridgehead atoms. The first-order valence-corrected chi connectivity index (χ1v) is 17.0. The summed E-state index contributed by atoms with van der Waals surface area (Å²) in [6, 6.07) is 3.28. The Morgan fingerprint density at radius 1 is 0.667 bits per heavy atom. The number of esters is 2. The fourth-order valence-electron chi connectivity index (χ4n) is 8.05. The molecule has 2 fully saturated rings. The van der Waals surface area contributed by atoms with Crippen LogP contribution in [0.25, 0.3) is 0 Å². The van der Waals surface area contributed by atoms with Crippen molar-refractivity contribution in [2.75, 3.05) is 13.2 Å². The van der Waals surface area contributed by atoms with Gasteiger partial charge in [0.2, 0.25) is 0 Å². The molecule has 11 heteroatoms. The standard InChI is InChI=1S/C34H34Cl4O7/c1-33(19-7-3-4-8-19)13-17-11-21(27(35)29(37)25(17)31(33)41)43-15-23(39)45-24(40)16-44-22-12-18-14-34(2,20-9-5-6-10-20)32(42)26(18)30(38)28(22)36/h11-12,19-20H,3-10,13-16H2,1-2H3. The number of ketones is 2. The molecular weight excluding hydrogens is 662 g/mol. The van der Waals surface area contributed by atoms with Gasteiger partial charge in [-0.3, -0.25) is 9.59 Å². The van der Waals surface area contributed by atoms with Crippen LogP contribution in [0, 0.1) is 22.7 Å². The Morgan fingerprint density at radius 3 is 1.38 bits per heavy atom. The zero-order chi connectivity index (χ0) is 32.3. The van der Waals surface area contributed by atoms with Crippen LogP contribution < -0.4 is 9.47 Å². The summed E-state index contributed by atoms with van der Waals surface area (Å²) in [5.74, 6) is -1.15. The molecule has 0 amide bonds. The summed E-state index contributed by atoms with van der Waals surface area (Å²) in [4.78, 5) is 51.7. The van der Waals surface area contributed by atoms with Crippen molar-refractivity contribution in [1.82, 2.24) is 0 Å². The number of hydrogen-bond donors (Lipinski definition) is 0. The molecule has 2 unspecified atom stereocenters. The van der Waals surface area contributed by atoms with Crippen molar-refractivity contribution < 1.29 is 33.4 Å². The smallest absolute Gasteiger partial charge is 0.351 e. The highest BCUT2D eigenvalue weighted by molar-refractivity contribution is 6.46. The van der Waals surface area contributed by atoms with Crippen LogP contribution in [0.5, 0.6) is 11.5 Å². The minimum atomic E-state index is -0.973. The summed E-state index contributed by atoms with van der Waals surface area (Å²) in [7, 11) is 0. The van der Waals surface area contributed by atoms with Crippen molar-refractivity contribution in [3.63, 3.8) is 0 Å². The number of carbonyl (C=O) groups is 4. The van der Waals surface area contributed by atoms with Crippen molar-refractivity contribution in [2.45, 2.75) is 78.1 Å². The van der Waals surface area contributed by atoms with Crippen LogP contribution in [0.15, 0.2) is 12.1 Å². The molecule has 2 atom stereocenters. The predicted molar refractivity (Wildman–Crippen MR) is 171 cm³/mol. The van der Waals surface area contributed by atoms with Gasteiger partial charge in [-0.1, -0.05) is 85.9 Å². The van der Waals surface area contributed by atoms with Crippen LogP contribution in [0.4, 0.5) is 0 Å². The van der Waals surface area contributed by atoms with E-state index >= 15 is 0 Å². The minimum absolute atomic E-state index is 0.00736. The fourth-order valence-corrected chi connectivity index (χ4v) is 9.06. The first-order chi connectivity index (χ1) is 21.3. The molecule has 0 aliphatic heterocycles. The summed E-state index contributed by atoms with van der Waals surface area (Å²) in [5.41, 5.74) is 1.19. The molecule has 4 aliphatic rings. The molecule has 2 aromatic rings. The van der Waals surface area contributed by atoms with Crippen LogP contribution in [-0.4, -0.2) is 36.7 Å². The van der Waals surface area contributed by atoms with Crippen molar-refractivity contribution in [3.05, 3.63) is 54.5 Å². The lowest BCUT2D eigenvalue weighted by Gasteiger charge is -2.29. The van der Waals surface area contributed by atoms with Crippen LogP contribution in [-0.2, 0) is 27.2 Å². The van der Waals surface area contributed by atoms with Crippen LogP contribution >= 0.6 is 46.4 Å². The highest BCUT2D eigenvalue weighted by Gasteiger charge is 2.50. The van der Waals surface area contributed by atoms with Crippen molar-refractivity contribution >= 4 is 69.9 Å². The number of Topliss-reactive ketones (excluding diaryl/α,β-unsaturated/α-hetero) is 2. The molecule has 0 heterocycles. The largest absolute Gasteiger partial charge is 0.480 e. The Hall–Kier alpha value is -2.32. The van der Waals surface area contributed by atoms with Gasteiger partial charge in [-0.05, 0) is 73.6 Å². The second kappa shape index (κ2) is 12.4. The lowest BCUT2D eigenvalue weighted by Crippen LogP contribution is -2.32. The molecule has 2 aromatic carbocycles. The van der Waals surface area contributed by atoms with Crippen LogP contribution in [0.2, 0.25) is 20.1 Å². The molecule has 0 aromatic heterocycles. The predicted octanol–water partition coefficient (Wildman–Crippen LogP) is 8.70. The number of fused-ring (bicyclic) bond motifs is 2. The Bertz CT molecular complexity index is 1490. The average molecular weight is 696 g/mol. The summed E-state index contributed by atoms with van der Waals surface area (Å²) in [5, 5.41) is 0.243. The Labute approximate surface area is 282 Å². The van der Waals surface area contributed by atoms with Gasteiger partial charge >= 0.3 is 11.9 Å². The third kappa shape index (κ3) is 5.66. The lowest BCUT2D eigenvalue weighted by atomic mass is 9.73. The summed E-state index contributed by atoms with van der Waals surface area (Å²) in [6.07, 6.45) is 9.45. The van der Waals surface area contributed by atoms with E-state index in [0.717, 1.165) is 62.5 Å². The molecule has 0 radical (unpaired) electrons. The number of rotatable bonds is 8. The molecule has 0 N–H and O–H groups in total. The van der Waals surface area contributed by atoms with Crippen LogP contribution in [0.1, 0.15) is 97.1 Å². The van der Waals surface area contributed by atoms with E-state index in [1.807, 2.05) is 13.8 Å². The van der Waals surface area contributed by atoms with Crippen LogP contribution in [0.3, 0.4) is 0 Å². The fraction of sp³-hybridized carbons (Fsp3) is 0.529. The molecule has 2 saturated carbocycles. The molecule has 4 aliphatic carbocycles. The summed E-state index contributed by atoms with van der Waals surface area (Å²) in [6.45, 7) is 2.72. The Balaban J connectivity index is 1.06. The van der Waals surface area contributed by atoms with E-state index in [9.17, 15) is 19.2 Å². The SMILES string of the molecule is CC1(C2CCCC2)Cc2cc(OCC(=O)OC(=O)COc3cc4c(c(Cl)c3Cl)C(=O)C(C)(C3CCCC3)C4)c(Cl)c(Cl)c2C1=O. The first-order valence-electron chi connectivity index (χ1n) is 15.5. The van der Waals surface area contributed by atoms with E-state index in [4.69, 9.17) is 60.6 Å². The first kappa shape index (κ1) is 32.6. The molecular formula is C34H34Cl4O7. The molecule has 0 saturated heterocycles. The second-order valence-corrected chi connectivity index (χ2v) is 14.8. The summed E-state index contributed by atoms with van der Waals surface area (Å²) < 4.78 is 16.0. The van der Waals surface area contributed by atoms with Gasteiger partial charge in [-0.2, -0.15) is 0 Å². The maximum absolute atomic E-state index is 13.4. The highest BCUT2D eigenvalue weighted by atomic mass is 35.5. The quantitative estimate of drug-likeness (QED) is 0.201. The zero-order valence-electron chi connectivity index (χ0n) is 25.2. The molecule has 45 heavy (non-hydrogen) atoms. The monoisotopic (exact) mass is 694 g/mol. The van der Waals surface area contributed by atoms with Gasteiger partial charge in [0, 0.05) is 22.0 Å². The maximum Gasteiger partial charge on any atom is 0.351 e. The topological polar surface area (TPSA) is 96.0 Å². The number of carbonyl (C=O) groups excluding carboxylic acids is 4. The molecule has 240 valence electrons. The highest BCUT2D eigenvalue weighted by Crippen LogP contribution is 2.54. The van der Waals surface area contributed by atoms with Gasteiger partial charge in [-0.25, -0.2) is 9.59 Å². The van der Waals surface area contributed by atoms with Gasteiger partial charge in [0.05, 0.1) is 10.0 Å². The van der Waals surface area contributed by atoms with E-state index in [1.165, 1.54) is 0 Å². The van der Waals surface area contributed by atoms with E-state index in [1.54, 1.807) is 12.1 Å². The summed E-state index contributed by atoms with van der Waals surface area (Å²) >= 11 is 25.9. The Morgan fingerprint density at radius 2 is 1.02 bits per heavy atom. The van der Waals surface area contributed by atoms with Gasteiger partial charge in [0.25, 0.3) is 0 Å². The number of ether oxygens (including phenoxy) is 3. The minimum Gasteiger partial charge on any atom is -0.480 e. The molecule has 7 nitrogen and oxygen atoms in total. The van der Waals surface area contributed by atoms with E-state index in [0.29, 0.717) is 24.0 Å². The number of halogens is 4. The van der Waals surface area contributed by atoms with Gasteiger partial charge in [0.1, 0.15) is 21.5 Å². The van der Waals surface area contributed by atoms with Gasteiger partial charge in [-0.15, -0.1) is 0 Å². The number of hydrogen-bond acceptors (Lipinski definition) is 7. The number of benzene rings is 2. The van der Waals surface area contributed by atoms with Gasteiger partial charge < -0.3 is 14.2 Å². The maximum atomic E-state index is 13.4.